The van der Waals surface area contributed by atoms with Crippen molar-refractivity contribution in [1.29, 1.82) is 0 Å². The number of carbonyl (C=O) groups excluding carboxylic acids is 1. The highest BCUT2D eigenvalue weighted by Crippen LogP contribution is 2.33. The maximum Gasteiger partial charge on any atom is 0.289 e. The summed E-state index contributed by atoms with van der Waals surface area (Å²) in [5.41, 5.74) is 0. The average Bonchev–Trinajstić information content (AvgIpc) is 2.82. The molecule has 1 amide bonds. The number of nitrogens with zero attached hydrogens (tertiary/aromatic N) is 2. The smallest absolute Gasteiger partial charge is 0.289 e. The Kier molecular flexibility index (Phi) is 4.16. The van der Waals surface area contributed by atoms with Gasteiger partial charge in [-0.1, -0.05) is 6.42 Å². The fraction of sp³-hybridized carbons (Fsp3) is 0.722. The molecule has 2 atom stereocenters. The minimum Gasteiger partial charge on any atom is -0.453 e. The van der Waals surface area contributed by atoms with Gasteiger partial charge < -0.3 is 14.4 Å². The highest BCUT2D eigenvalue weighted by Gasteiger charge is 2.38. The molecule has 126 valence electrons. The second kappa shape index (κ2) is 6.29. The average molecular weight is 318 g/mol. The number of aliphatic hydroxyl groups excluding tert-OH is 1. The standard InChI is InChI=1S/C18H26N2O3/c21-12-16-6-7-17(23-16)18(22)20-10-14-4-5-15(11-20)19(9-14)8-13-2-1-3-13/h6-7,13-15,21H,1-5,8-12H2/t14-,15-/m1/s1. The van der Waals surface area contributed by atoms with Crippen LogP contribution in [0.3, 0.4) is 0 Å². The van der Waals surface area contributed by atoms with E-state index in [1.165, 1.54) is 38.6 Å². The van der Waals surface area contributed by atoms with Crippen molar-refractivity contribution >= 4 is 5.91 Å². The van der Waals surface area contributed by atoms with Crippen LogP contribution in [0.25, 0.3) is 0 Å². The molecule has 1 saturated carbocycles. The number of aliphatic hydroxyl groups is 1. The third-order valence-corrected chi connectivity index (χ3v) is 5.86. The first-order chi connectivity index (χ1) is 11.2. The number of piperidine rings is 1. The van der Waals surface area contributed by atoms with E-state index in [0.29, 0.717) is 23.5 Å². The fourth-order valence-corrected chi connectivity index (χ4v) is 4.31. The van der Waals surface area contributed by atoms with Crippen molar-refractivity contribution in [2.45, 2.75) is 44.8 Å². The summed E-state index contributed by atoms with van der Waals surface area (Å²) in [5, 5.41) is 9.10. The number of rotatable bonds is 4. The Morgan fingerprint density at radius 2 is 2.04 bits per heavy atom. The third-order valence-electron chi connectivity index (χ3n) is 5.86. The van der Waals surface area contributed by atoms with Crippen LogP contribution in [0.5, 0.6) is 0 Å². The molecule has 1 aromatic heterocycles. The lowest BCUT2D eigenvalue weighted by atomic mass is 9.83. The van der Waals surface area contributed by atoms with Gasteiger partial charge in [0.2, 0.25) is 0 Å². The molecule has 4 aliphatic rings. The van der Waals surface area contributed by atoms with E-state index >= 15 is 0 Å². The number of hydrogen-bond acceptors (Lipinski definition) is 4. The second-order valence-electron chi connectivity index (χ2n) is 7.48. The van der Waals surface area contributed by atoms with Gasteiger partial charge >= 0.3 is 0 Å². The van der Waals surface area contributed by atoms with Crippen LogP contribution in [0.2, 0.25) is 0 Å². The molecule has 2 bridgehead atoms. The quantitative estimate of drug-likeness (QED) is 0.924. The number of amides is 1. The number of hydrogen-bond donors (Lipinski definition) is 1. The van der Waals surface area contributed by atoms with Crippen LogP contribution >= 0.6 is 0 Å². The van der Waals surface area contributed by atoms with Crippen molar-refractivity contribution in [3.63, 3.8) is 0 Å². The van der Waals surface area contributed by atoms with Crippen LogP contribution in [-0.2, 0) is 6.61 Å². The molecular formula is C18H26N2O3. The number of carbonyl (C=O) groups is 1. The molecule has 5 rings (SSSR count). The molecule has 0 spiro atoms. The van der Waals surface area contributed by atoms with Crippen LogP contribution in [-0.4, -0.2) is 53.0 Å². The molecular weight excluding hydrogens is 292 g/mol. The van der Waals surface area contributed by atoms with Gasteiger partial charge in [0, 0.05) is 32.2 Å². The van der Waals surface area contributed by atoms with Crippen LogP contribution in [0.4, 0.5) is 0 Å². The number of furan rings is 1. The summed E-state index contributed by atoms with van der Waals surface area (Å²) in [5.74, 6) is 2.27. The van der Waals surface area contributed by atoms with Gasteiger partial charge in [0.25, 0.3) is 5.91 Å². The molecule has 0 radical (unpaired) electrons. The molecule has 4 fully saturated rings. The van der Waals surface area contributed by atoms with Crippen molar-refractivity contribution in [2.75, 3.05) is 26.2 Å². The molecule has 3 saturated heterocycles. The summed E-state index contributed by atoms with van der Waals surface area (Å²) in [6.45, 7) is 3.86. The lowest BCUT2D eigenvalue weighted by molar-refractivity contribution is 0.0684. The largest absolute Gasteiger partial charge is 0.453 e. The highest BCUT2D eigenvalue weighted by atomic mass is 16.4. The predicted octanol–water partition coefficient (Wildman–Crippen LogP) is 2.11. The molecule has 23 heavy (non-hydrogen) atoms. The van der Waals surface area contributed by atoms with Crippen molar-refractivity contribution in [3.05, 3.63) is 23.7 Å². The Balaban J connectivity index is 1.45. The predicted molar refractivity (Wildman–Crippen MR) is 86.0 cm³/mol. The van der Waals surface area contributed by atoms with Crippen molar-refractivity contribution in [1.82, 2.24) is 9.80 Å². The maximum absolute atomic E-state index is 12.7. The van der Waals surface area contributed by atoms with E-state index in [1.54, 1.807) is 12.1 Å². The molecule has 4 heterocycles. The molecule has 3 aliphatic heterocycles. The molecule has 0 aromatic carbocycles. The molecule has 0 unspecified atom stereocenters. The Morgan fingerprint density at radius 3 is 2.74 bits per heavy atom. The van der Waals surface area contributed by atoms with E-state index in [2.05, 4.69) is 4.90 Å². The Labute approximate surface area is 137 Å². The minimum absolute atomic E-state index is 0.0212. The van der Waals surface area contributed by atoms with Crippen LogP contribution in [0.15, 0.2) is 16.5 Å². The maximum atomic E-state index is 12.7. The van der Waals surface area contributed by atoms with Gasteiger partial charge in [0.15, 0.2) is 5.76 Å². The van der Waals surface area contributed by atoms with E-state index in [9.17, 15) is 4.79 Å². The monoisotopic (exact) mass is 318 g/mol. The minimum atomic E-state index is -0.159. The van der Waals surface area contributed by atoms with E-state index < -0.39 is 0 Å². The van der Waals surface area contributed by atoms with E-state index in [1.807, 2.05) is 4.90 Å². The fourth-order valence-electron chi connectivity index (χ4n) is 4.31. The normalized spacial score (nSPS) is 28.7. The van der Waals surface area contributed by atoms with E-state index in [0.717, 1.165) is 25.6 Å². The zero-order valence-electron chi connectivity index (χ0n) is 13.6. The summed E-state index contributed by atoms with van der Waals surface area (Å²) >= 11 is 0. The van der Waals surface area contributed by atoms with Gasteiger partial charge in [-0.15, -0.1) is 0 Å². The lowest BCUT2D eigenvalue weighted by Crippen LogP contribution is -2.47. The Morgan fingerprint density at radius 1 is 1.17 bits per heavy atom. The summed E-state index contributed by atoms with van der Waals surface area (Å²) in [7, 11) is 0. The van der Waals surface area contributed by atoms with Crippen LogP contribution in [0, 0.1) is 11.8 Å². The van der Waals surface area contributed by atoms with Gasteiger partial charge in [-0.05, 0) is 49.7 Å². The summed E-state index contributed by atoms with van der Waals surface area (Å²) in [4.78, 5) is 17.3. The number of fused-ring (bicyclic) bond motifs is 4. The summed E-state index contributed by atoms with van der Waals surface area (Å²) < 4.78 is 5.44. The van der Waals surface area contributed by atoms with Crippen molar-refractivity contribution < 1.29 is 14.3 Å². The lowest BCUT2D eigenvalue weighted by Gasteiger charge is -2.40. The van der Waals surface area contributed by atoms with Crippen LogP contribution in [0.1, 0.15) is 48.4 Å². The van der Waals surface area contributed by atoms with Gasteiger partial charge in [-0.25, -0.2) is 0 Å². The first kappa shape index (κ1) is 15.2. The van der Waals surface area contributed by atoms with Gasteiger partial charge in [0.05, 0.1) is 0 Å². The molecule has 5 nitrogen and oxygen atoms in total. The zero-order chi connectivity index (χ0) is 15.8. The van der Waals surface area contributed by atoms with E-state index in [4.69, 9.17) is 9.52 Å². The Bertz CT molecular complexity index is 566. The topological polar surface area (TPSA) is 56.9 Å². The summed E-state index contributed by atoms with van der Waals surface area (Å²) in [6.07, 6.45) is 6.60. The molecule has 1 N–H and O–H groups in total. The molecule has 5 heteroatoms. The Hall–Kier alpha value is -1.33. The SMILES string of the molecule is O=C(c1ccc(CO)o1)N1C[C@@H]2CC[C@H](C1)N(CC1CCC1)C2. The molecule has 1 aromatic rings. The van der Waals surface area contributed by atoms with E-state index in [-0.39, 0.29) is 12.5 Å². The first-order valence-electron chi connectivity index (χ1n) is 8.96. The molecule has 1 aliphatic carbocycles. The zero-order valence-corrected chi connectivity index (χ0v) is 13.6. The summed E-state index contributed by atoms with van der Waals surface area (Å²) in [6, 6.07) is 3.88. The first-order valence-corrected chi connectivity index (χ1v) is 8.96. The van der Waals surface area contributed by atoms with Gasteiger partial charge in [0.1, 0.15) is 12.4 Å². The van der Waals surface area contributed by atoms with Crippen LogP contribution < -0.4 is 0 Å². The van der Waals surface area contributed by atoms with Crippen molar-refractivity contribution in [3.8, 4) is 0 Å². The third kappa shape index (κ3) is 3.04. The van der Waals surface area contributed by atoms with Crippen molar-refractivity contribution in [2.24, 2.45) is 11.8 Å². The van der Waals surface area contributed by atoms with Gasteiger partial charge in [-0.2, -0.15) is 0 Å². The second-order valence-corrected chi connectivity index (χ2v) is 7.48. The highest BCUT2D eigenvalue weighted by molar-refractivity contribution is 5.91. The van der Waals surface area contributed by atoms with Gasteiger partial charge in [-0.3, -0.25) is 9.69 Å².